The second-order valence-electron chi connectivity index (χ2n) is 5.29. The van der Waals surface area contributed by atoms with Gasteiger partial charge in [0.25, 0.3) is 0 Å². The van der Waals surface area contributed by atoms with Crippen molar-refractivity contribution in [1.82, 2.24) is 4.72 Å². The molecule has 0 heterocycles. The Labute approximate surface area is 131 Å². The van der Waals surface area contributed by atoms with Crippen LogP contribution in [0, 0.1) is 5.82 Å². The smallest absolute Gasteiger partial charge is 0.212 e. The van der Waals surface area contributed by atoms with Crippen LogP contribution in [0.1, 0.15) is 36.6 Å². The molecule has 0 aliphatic heterocycles. The highest BCUT2D eigenvalue weighted by atomic mass is 32.2. The average Bonchev–Trinajstić information content (AvgIpc) is 2.49. The first-order valence-electron chi connectivity index (χ1n) is 7.23. The molecule has 2 aromatic rings. The Morgan fingerprint density at radius 2 is 1.73 bits per heavy atom. The highest BCUT2D eigenvalue weighted by Crippen LogP contribution is 2.17. The first-order chi connectivity index (χ1) is 10.4. The fourth-order valence-corrected chi connectivity index (χ4v) is 3.64. The van der Waals surface area contributed by atoms with Crippen LogP contribution in [0.15, 0.2) is 48.5 Å². The summed E-state index contributed by atoms with van der Waals surface area (Å²) in [5, 5.41) is 0. The zero-order chi connectivity index (χ0) is 16.2. The lowest BCUT2D eigenvalue weighted by Crippen LogP contribution is -2.28. The van der Waals surface area contributed by atoms with Gasteiger partial charge in [0.15, 0.2) is 0 Å². The van der Waals surface area contributed by atoms with Crippen LogP contribution in [0.3, 0.4) is 0 Å². The summed E-state index contributed by atoms with van der Waals surface area (Å²) in [5.41, 5.74) is 2.25. The molecule has 0 radical (unpaired) electrons. The lowest BCUT2D eigenvalue weighted by atomic mass is 10.1. The van der Waals surface area contributed by atoms with Crippen molar-refractivity contribution in [3.05, 3.63) is 71.0 Å². The molecule has 0 aromatic heterocycles. The van der Waals surface area contributed by atoms with Gasteiger partial charge in [-0.25, -0.2) is 17.5 Å². The van der Waals surface area contributed by atoms with Gasteiger partial charge in [-0.2, -0.15) is 0 Å². The molecule has 5 heteroatoms. The van der Waals surface area contributed by atoms with E-state index in [1.54, 1.807) is 13.0 Å². The molecule has 0 unspecified atom stereocenters. The summed E-state index contributed by atoms with van der Waals surface area (Å²) in [6.45, 7) is 3.84. The summed E-state index contributed by atoms with van der Waals surface area (Å²) in [7, 11) is -3.61. The molecule has 0 aliphatic rings. The molecule has 0 saturated heterocycles. The molecule has 1 N–H and O–H groups in total. The van der Waals surface area contributed by atoms with Gasteiger partial charge in [0, 0.05) is 11.6 Å². The summed E-state index contributed by atoms with van der Waals surface area (Å²) in [6.07, 6.45) is 0.938. The van der Waals surface area contributed by atoms with Crippen LogP contribution in [-0.4, -0.2) is 8.42 Å². The summed E-state index contributed by atoms with van der Waals surface area (Å²) in [6, 6.07) is 13.3. The van der Waals surface area contributed by atoms with Crippen molar-refractivity contribution in [3.8, 4) is 0 Å². The van der Waals surface area contributed by atoms with Gasteiger partial charge >= 0.3 is 0 Å². The Morgan fingerprint density at radius 1 is 1.09 bits per heavy atom. The summed E-state index contributed by atoms with van der Waals surface area (Å²) < 4.78 is 40.5. The SMILES string of the molecule is CCc1ccc([C@@H](C)NS(=O)(=O)Cc2ccccc2F)cc1. The van der Waals surface area contributed by atoms with E-state index in [4.69, 9.17) is 0 Å². The molecule has 3 nitrogen and oxygen atoms in total. The van der Waals surface area contributed by atoms with E-state index in [9.17, 15) is 12.8 Å². The van der Waals surface area contributed by atoms with E-state index in [2.05, 4.69) is 11.6 Å². The second-order valence-corrected chi connectivity index (χ2v) is 7.04. The molecule has 0 bridgehead atoms. The fourth-order valence-electron chi connectivity index (χ4n) is 2.24. The molecule has 118 valence electrons. The van der Waals surface area contributed by atoms with E-state index in [-0.39, 0.29) is 17.4 Å². The standard InChI is InChI=1S/C17H20FNO2S/c1-3-14-8-10-15(11-9-14)13(2)19-22(20,21)12-16-6-4-5-7-17(16)18/h4-11,13,19H,3,12H2,1-2H3/t13-/m1/s1. The Kier molecular flexibility index (Phi) is 5.32. The number of aryl methyl sites for hydroxylation is 1. The molecular formula is C17H20FNO2S. The highest BCUT2D eigenvalue weighted by molar-refractivity contribution is 7.88. The molecular weight excluding hydrogens is 301 g/mol. The maximum absolute atomic E-state index is 13.6. The molecule has 0 fully saturated rings. The molecule has 22 heavy (non-hydrogen) atoms. The zero-order valence-electron chi connectivity index (χ0n) is 12.7. The second kappa shape index (κ2) is 7.03. The van der Waals surface area contributed by atoms with Crippen LogP contribution in [0.4, 0.5) is 4.39 Å². The Hall–Kier alpha value is -1.72. The monoisotopic (exact) mass is 321 g/mol. The Balaban J connectivity index is 2.09. The van der Waals surface area contributed by atoms with Crippen molar-refractivity contribution in [2.24, 2.45) is 0 Å². The van der Waals surface area contributed by atoms with E-state index < -0.39 is 15.8 Å². The fraction of sp³-hybridized carbons (Fsp3) is 0.294. The van der Waals surface area contributed by atoms with E-state index in [0.29, 0.717) is 0 Å². The summed E-state index contributed by atoms with van der Waals surface area (Å²) in [4.78, 5) is 0. The normalized spacial score (nSPS) is 13.0. The summed E-state index contributed by atoms with van der Waals surface area (Å²) in [5.74, 6) is -0.871. The average molecular weight is 321 g/mol. The predicted molar refractivity (Wildman–Crippen MR) is 86.4 cm³/mol. The topological polar surface area (TPSA) is 46.2 Å². The van der Waals surface area contributed by atoms with Gasteiger partial charge in [-0.1, -0.05) is 49.4 Å². The maximum Gasteiger partial charge on any atom is 0.216 e. The highest BCUT2D eigenvalue weighted by Gasteiger charge is 2.18. The van der Waals surface area contributed by atoms with E-state index >= 15 is 0 Å². The first-order valence-corrected chi connectivity index (χ1v) is 8.89. The lowest BCUT2D eigenvalue weighted by Gasteiger charge is -2.15. The van der Waals surface area contributed by atoms with Crippen LogP contribution in [-0.2, 0) is 22.2 Å². The van der Waals surface area contributed by atoms with Crippen molar-refractivity contribution in [1.29, 1.82) is 0 Å². The molecule has 2 rings (SSSR count). The number of nitrogens with one attached hydrogen (secondary N) is 1. The largest absolute Gasteiger partial charge is 0.216 e. The number of hydrogen-bond donors (Lipinski definition) is 1. The van der Waals surface area contributed by atoms with Gasteiger partial charge in [-0.3, -0.25) is 0 Å². The molecule has 0 saturated carbocycles. The molecule has 1 atom stereocenters. The minimum absolute atomic E-state index is 0.170. The van der Waals surface area contributed by atoms with Crippen LogP contribution >= 0.6 is 0 Å². The number of halogens is 1. The Morgan fingerprint density at radius 3 is 2.32 bits per heavy atom. The van der Waals surface area contributed by atoms with Crippen LogP contribution in [0.2, 0.25) is 0 Å². The van der Waals surface area contributed by atoms with Gasteiger partial charge < -0.3 is 0 Å². The number of sulfonamides is 1. The van der Waals surface area contributed by atoms with Gasteiger partial charge in [0.2, 0.25) is 10.0 Å². The third kappa shape index (κ3) is 4.39. The molecule has 2 aromatic carbocycles. The van der Waals surface area contributed by atoms with Crippen LogP contribution in [0.25, 0.3) is 0 Å². The first kappa shape index (κ1) is 16.6. The third-order valence-corrected chi connectivity index (χ3v) is 4.95. The van der Waals surface area contributed by atoms with Gasteiger partial charge in [0.1, 0.15) is 5.82 Å². The number of benzene rings is 2. The summed E-state index contributed by atoms with van der Waals surface area (Å²) >= 11 is 0. The van der Waals surface area contributed by atoms with Crippen molar-refractivity contribution < 1.29 is 12.8 Å². The van der Waals surface area contributed by atoms with Crippen molar-refractivity contribution in [3.63, 3.8) is 0 Å². The van der Waals surface area contributed by atoms with E-state index in [0.717, 1.165) is 12.0 Å². The molecule has 0 amide bonds. The molecule has 0 spiro atoms. The van der Waals surface area contributed by atoms with Gasteiger partial charge in [0.05, 0.1) is 5.75 Å². The minimum atomic E-state index is -3.61. The lowest BCUT2D eigenvalue weighted by molar-refractivity contribution is 0.561. The Bertz CT molecular complexity index is 727. The zero-order valence-corrected chi connectivity index (χ0v) is 13.5. The number of rotatable bonds is 6. The predicted octanol–water partition coefficient (Wildman–Crippen LogP) is 3.57. The number of hydrogen-bond acceptors (Lipinski definition) is 2. The van der Waals surface area contributed by atoms with Crippen molar-refractivity contribution in [2.45, 2.75) is 32.1 Å². The van der Waals surface area contributed by atoms with Crippen LogP contribution in [0.5, 0.6) is 0 Å². The molecule has 0 aliphatic carbocycles. The minimum Gasteiger partial charge on any atom is -0.212 e. The van der Waals surface area contributed by atoms with Gasteiger partial charge in [-0.15, -0.1) is 0 Å². The van der Waals surface area contributed by atoms with E-state index in [1.807, 2.05) is 24.3 Å². The van der Waals surface area contributed by atoms with Gasteiger partial charge in [-0.05, 0) is 30.5 Å². The van der Waals surface area contributed by atoms with Crippen LogP contribution < -0.4 is 4.72 Å². The van der Waals surface area contributed by atoms with Crippen molar-refractivity contribution in [2.75, 3.05) is 0 Å². The third-order valence-electron chi connectivity index (χ3n) is 3.55. The van der Waals surface area contributed by atoms with E-state index in [1.165, 1.54) is 23.8 Å². The quantitative estimate of drug-likeness (QED) is 0.884. The van der Waals surface area contributed by atoms with Crippen molar-refractivity contribution >= 4 is 10.0 Å². The maximum atomic E-state index is 13.6.